The first-order chi connectivity index (χ1) is 12.5. The Kier molecular flexibility index (Phi) is 5.28. The van der Waals surface area contributed by atoms with Crippen molar-refractivity contribution in [3.63, 3.8) is 0 Å². The predicted molar refractivity (Wildman–Crippen MR) is 99.7 cm³/mol. The fraction of sp³-hybridized carbons (Fsp3) is 0.200. The number of benzene rings is 2. The summed E-state index contributed by atoms with van der Waals surface area (Å²) in [6, 6.07) is 14.1. The van der Waals surface area contributed by atoms with Crippen LogP contribution in [0.4, 0.5) is 0 Å². The van der Waals surface area contributed by atoms with Crippen molar-refractivity contribution in [3.05, 3.63) is 64.0 Å². The van der Waals surface area contributed by atoms with E-state index < -0.39 is 17.7 Å². The van der Waals surface area contributed by atoms with Gasteiger partial charge in [-0.25, -0.2) is 9.59 Å². The number of hydrogen-bond donors (Lipinski definition) is 0. The van der Waals surface area contributed by atoms with Crippen LogP contribution in [0.5, 0.6) is 5.75 Å². The van der Waals surface area contributed by atoms with Crippen molar-refractivity contribution in [2.45, 2.75) is 20.0 Å². The molecule has 0 radical (unpaired) electrons. The van der Waals surface area contributed by atoms with Crippen molar-refractivity contribution in [3.8, 4) is 16.9 Å². The molecule has 0 amide bonds. The molecule has 0 aliphatic rings. The van der Waals surface area contributed by atoms with Gasteiger partial charge in [0, 0.05) is 17.5 Å². The van der Waals surface area contributed by atoms with Crippen molar-refractivity contribution >= 4 is 28.5 Å². The Morgan fingerprint density at radius 2 is 1.92 bits per heavy atom. The quantitative estimate of drug-likeness (QED) is 0.489. The molecule has 5 nitrogen and oxygen atoms in total. The molecule has 1 atom stereocenters. The fourth-order valence-corrected chi connectivity index (χ4v) is 2.82. The van der Waals surface area contributed by atoms with Gasteiger partial charge in [-0.3, -0.25) is 0 Å². The molecule has 134 valence electrons. The van der Waals surface area contributed by atoms with E-state index in [0.29, 0.717) is 21.6 Å². The van der Waals surface area contributed by atoms with E-state index in [-0.39, 0.29) is 12.4 Å². The molecule has 0 unspecified atom stereocenters. The van der Waals surface area contributed by atoms with Gasteiger partial charge in [0.25, 0.3) is 0 Å². The van der Waals surface area contributed by atoms with Crippen molar-refractivity contribution in [1.29, 1.82) is 0 Å². The number of halogens is 1. The van der Waals surface area contributed by atoms with Crippen LogP contribution in [0.3, 0.4) is 0 Å². The summed E-state index contributed by atoms with van der Waals surface area (Å²) in [5, 5.41) is 0.983. The number of hydrogen-bond acceptors (Lipinski definition) is 5. The molecule has 0 saturated carbocycles. The lowest BCUT2D eigenvalue weighted by Gasteiger charge is -2.15. The molecule has 0 bridgehead atoms. The molecule has 1 heterocycles. The van der Waals surface area contributed by atoms with Gasteiger partial charge in [0.2, 0.25) is 0 Å². The van der Waals surface area contributed by atoms with E-state index in [1.807, 2.05) is 30.3 Å². The molecule has 0 aliphatic heterocycles. The van der Waals surface area contributed by atoms with Crippen molar-refractivity contribution in [2.75, 3.05) is 6.61 Å². The fourth-order valence-electron chi connectivity index (χ4n) is 2.61. The maximum absolute atomic E-state index is 12.0. The third kappa shape index (κ3) is 3.73. The molecule has 0 aliphatic carbocycles. The largest absolute Gasteiger partial charge is 0.477 e. The third-order valence-corrected chi connectivity index (χ3v) is 4.10. The van der Waals surface area contributed by atoms with Crippen LogP contribution in [0.1, 0.15) is 13.8 Å². The zero-order valence-electron chi connectivity index (χ0n) is 14.3. The molecule has 0 spiro atoms. The van der Waals surface area contributed by atoms with Crippen LogP contribution >= 0.6 is 11.6 Å². The summed E-state index contributed by atoms with van der Waals surface area (Å²) >= 11 is 6.33. The molecule has 2 aromatic carbocycles. The summed E-state index contributed by atoms with van der Waals surface area (Å²) in [5.41, 5.74) is 1.42. The van der Waals surface area contributed by atoms with Gasteiger partial charge in [0.05, 0.1) is 11.6 Å². The number of esters is 1. The number of fused-ring (bicyclic) bond motifs is 1. The second kappa shape index (κ2) is 7.62. The molecule has 6 heteroatoms. The standard InChI is InChI=1S/C20H17ClO5/c1-3-24-20(23)12(2)25-18-11-17-15(9-16(18)21)14(10-19(22)26-17)13-7-5-4-6-8-13/h4-12H,3H2,1-2H3/t12-/m1/s1. The highest BCUT2D eigenvalue weighted by atomic mass is 35.5. The van der Waals surface area contributed by atoms with Crippen LogP contribution in [-0.4, -0.2) is 18.7 Å². The number of rotatable bonds is 5. The van der Waals surface area contributed by atoms with Crippen LogP contribution in [0.25, 0.3) is 22.1 Å². The minimum Gasteiger partial charge on any atom is -0.477 e. The molecule has 3 rings (SSSR count). The monoisotopic (exact) mass is 372 g/mol. The third-order valence-electron chi connectivity index (χ3n) is 3.80. The number of carbonyl (C=O) groups is 1. The Hall–Kier alpha value is -2.79. The van der Waals surface area contributed by atoms with Gasteiger partial charge in [0.1, 0.15) is 11.3 Å². The minimum absolute atomic E-state index is 0.244. The van der Waals surface area contributed by atoms with Gasteiger partial charge in [-0.05, 0) is 31.0 Å². The SMILES string of the molecule is CCOC(=O)[C@@H](C)Oc1cc2oc(=O)cc(-c3ccccc3)c2cc1Cl. The van der Waals surface area contributed by atoms with E-state index in [1.165, 1.54) is 12.1 Å². The molecular weight excluding hydrogens is 356 g/mol. The molecule has 3 aromatic rings. The van der Waals surface area contributed by atoms with E-state index in [9.17, 15) is 9.59 Å². The minimum atomic E-state index is -0.839. The summed E-state index contributed by atoms with van der Waals surface area (Å²) in [5.74, 6) is -0.253. The first-order valence-corrected chi connectivity index (χ1v) is 8.53. The van der Waals surface area contributed by atoms with E-state index >= 15 is 0 Å². The highest BCUT2D eigenvalue weighted by Gasteiger charge is 2.19. The van der Waals surface area contributed by atoms with Crippen LogP contribution in [0.2, 0.25) is 5.02 Å². The summed E-state index contributed by atoms with van der Waals surface area (Å²) in [6.07, 6.45) is -0.839. The van der Waals surface area contributed by atoms with E-state index in [1.54, 1.807) is 19.9 Å². The molecule has 0 saturated heterocycles. The average Bonchev–Trinajstić information content (AvgIpc) is 2.63. The summed E-state index contributed by atoms with van der Waals surface area (Å²) in [6.45, 7) is 3.54. The lowest BCUT2D eigenvalue weighted by Crippen LogP contribution is -2.26. The number of carbonyl (C=O) groups excluding carboxylic acids is 1. The van der Waals surface area contributed by atoms with Crippen LogP contribution in [0.15, 0.2) is 57.7 Å². The topological polar surface area (TPSA) is 65.7 Å². The Balaban J connectivity index is 2.07. The van der Waals surface area contributed by atoms with E-state index in [2.05, 4.69) is 0 Å². The lowest BCUT2D eigenvalue weighted by atomic mass is 10.0. The van der Waals surface area contributed by atoms with Gasteiger partial charge >= 0.3 is 11.6 Å². The molecule has 0 N–H and O–H groups in total. The second-order valence-electron chi connectivity index (χ2n) is 5.64. The van der Waals surface area contributed by atoms with E-state index in [4.69, 9.17) is 25.5 Å². The Labute approximate surface area is 155 Å². The summed E-state index contributed by atoms with van der Waals surface area (Å²) in [4.78, 5) is 23.7. The zero-order valence-corrected chi connectivity index (χ0v) is 15.1. The van der Waals surface area contributed by atoms with Crippen LogP contribution < -0.4 is 10.4 Å². The summed E-state index contributed by atoms with van der Waals surface area (Å²) in [7, 11) is 0. The molecular formula is C20H17ClO5. The van der Waals surface area contributed by atoms with Gasteiger partial charge in [0.15, 0.2) is 6.10 Å². The smallest absolute Gasteiger partial charge is 0.347 e. The summed E-state index contributed by atoms with van der Waals surface area (Å²) < 4.78 is 15.8. The zero-order chi connectivity index (χ0) is 18.7. The average molecular weight is 373 g/mol. The lowest BCUT2D eigenvalue weighted by molar-refractivity contribution is -0.150. The highest BCUT2D eigenvalue weighted by molar-refractivity contribution is 6.33. The van der Waals surface area contributed by atoms with Crippen molar-refractivity contribution < 1.29 is 18.7 Å². The van der Waals surface area contributed by atoms with Crippen LogP contribution in [0, 0.1) is 0 Å². The van der Waals surface area contributed by atoms with Gasteiger partial charge < -0.3 is 13.9 Å². The highest BCUT2D eigenvalue weighted by Crippen LogP contribution is 2.35. The van der Waals surface area contributed by atoms with Crippen LogP contribution in [-0.2, 0) is 9.53 Å². The van der Waals surface area contributed by atoms with Crippen molar-refractivity contribution in [2.24, 2.45) is 0 Å². The Morgan fingerprint density at radius 3 is 2.62 bits per heavy atom. The molecule has 1 aromatic heterocycles. The van der Waals surface area contributed by atoms with Gasteiger partial charge in [-0.1, -0.05) is 41.9 Å². The second-order valence-corrected chi connectivity index (χ2v) is 6.04. The maximum atomic E-state index is 12.0. The normalized spacial score (nSPS) is 12.0. The first kappa shape index (κ1) is 18.0. The molecule has 26 heavy (non-hydrogen) atoms. The van der Waals surface area contributed by atoms with E-state index in [0.717, 1.165) is 5.56 Å². The van der Waals surface area contributed by atoms with Gasteiger partial charge in [-0.15, -0.1) is 0 Å². The first-order valence-electron chi connectivity index (χ1n) is 8.15. The Bertz CT molecular complexity index is 994. The maximum Gasteiger partial charge on any atom is 0.347 e. The Morgan fingerprint density at radius 1 is 1.19 bits per heavy atom. The molecule has 0 fully saturated rings. The predicted octanol–water partition coefficient (Wildman–Crippen LogP) is 4.44. The van der Waals surface area contributed by atoms with Gasteiger partial charge in [-0.2, -0.15) is 0 Å². The number of ether oxygens (including phenoxy) is 2. The van der Waals surface area contributed by atoms with Crippen molar-refractivity contribution in [1.82, 2.24) is 0 Å².